The molecule has 0 unspecified atom stereocenters. The third-order valence-corrected chi connectivity index (χ3v) is 3.26. The number of aliphatic carboxylic acids is 1. The predicted molar refractivity (Wildman–Crippen MR) is 59.0 cm³/mol. The van der Waals surface area contributed by atoms with Gasteiger partial charge in [-0.05, 0) is 31.6 Å². The fourth-order valence-corrected chi connectivity index (χ4v) is 2.08. The van der Waals surface area contributed by atoms with E-state index in [0.717, 1.165) is 12.8 Å². The van der Waals surface area contributed by atoms with Crippen molar-refractivity contribution in [2.75, 3.05) is 6.61 Å². The molecule has 0 aromatic carbocycles. The minimum absolute atomic E-state index is 0.0488. The Morgan fingerprint density at radius 2 is 2.19 bits per heavy atom. The van der Waals surface area contributed by atoms with Gasteiger partial charge in [0, 0.05) is 6.42 Å². The van der Waals surface area contributed by atoms with Gasteiger partial charge in [-0.25, -0.2) is 0 Å². The van der Waals surface area contributed by atoms with Crippen LogP contribution < -0.4 is 0 Å². The van der Waals surface area contributed by atoms with Gasteiger partial charge >= 0.3 is 11.9 Å². The Balaban J connectivity index is 2.61. The zero-order valence-corrected chi connectivity index (χ0v) is 9.99. The van der Waals surface area contributed by atoms with Crippen LogP contribution in [0.5, 0.6) is 0 Å². The van der Waals surface area contributed by atoms with Gasteiger partial charge in [0.1, 0.15) is 0 Å². The Labute approximate surface area is 96.0 Å². The van der Waals surface area contributed by atoms with Crippen LogP contribution in [0.3, 0.4) is 0 Å². The minimum atomic E-state index is -0.844. The second-order valence-electron chi connectivity index (χ2n) is 4.99. The molecule has 0 aromatic heterocycles. The van der Waals surface area contributed by atoms with E-state index in [-0.39, 0.29) is 12.4 Å². The lowest BCUT2D eigenvalue weighted by Gasteiger charge is -2.24. The molecule has 1 rings (SSSR count). The van der Waals surface area contributed by atoms with Crippen LogP contribution in [0.1, 0.15) is 46.0 Å². The quantitative estimate of drug-likeness (QED) is 0.708. The summed E-state index contributed by atoms with van der Waals surface area (Å²) in [5.41, 5.74) is -0.525. The van der Waals surface area contributed by atoms with E-state index in [4.69, 9.17) is 9.84 Å². The largest absolute Gasteiger partial charge is 0.481 e. The molecule has 0 spiro atoms. The molecule has 16 heavy (non-hydrogen) atoms. The summed E-state index contributed by atoms with van der Waals surface area (Å²) in [7, 11) is 0. The van der Waals surface area contributed by atoms with Crippen molar-refractivity contribution in [2.45, 2.75) is 46.0 Å². The van der Waals surface area contributed by atoms with Crippen molar-refractivity contribution in [1.29, 1.82) is 0 Å². The number of cyclic esters (lactones) is 1. The minimum Gasteiger partial charge on any atom is -0.481 e. The lowest BCUT2D eigenvalue weighted by Crippen LogP contribution is -2.28. The van der Waals surface area contributed by atoms with Crippen LogP contribution in [-0.4, -0.2) is 23.7 Å². The predicted octanol–water partition coefficient (Wildman–Crippen LogP) is 2.22. The summed E-state index contributed by atoms with van der Waals surface area (Å²) in [5.74, 6) is -0.520. The number of carboxylic acid groups (broad SMARTS) is 1. The van der Waals surface area contributed by atoms with Crippen LogP contribution in [-0.2, 0) is 14.3 Å². The van der Waals surface area contributed by atoms with Gasteiger partial charge in [-0.1, -0.05) is 13.8 Å². The lowest BCUT2D eigenvalue weighted by atomic mass is 9.76. The van der Waals surface area contributed by atoms with E-state index >= 15 is 0 Å². The van der Waals surface area contributed by atoms with Crippen molar-refractivity contribution in [3.63, 3.8) is 0 Å². The Bertz CT molecular complexity index is 272. The van der Waals surface area contributed by atoms with Crippen molar-refractivity contribution in [2.24, 2.45) is 11.3 Å². The molecule has 92 valence electrons. The van der Waals surface area contributed by atoms with Gasteiger partial charge in [0.2, 0.25) is 0 Å². The van der Waals surface area contributed by atoms with Gasteiger partial charge in [-0.2, -0.15) is 0 Å². The molecular weight excluding hydrogens is 208 g/mol. The summed E-state index contributed by atoms with van der Waals surface area (Å²) < 4.78 is 5.00. The van der Waals surface area contributed by atoms with Crippen LogP contribution >= 0.6 is 0 Å². The molecule has 0 amide bonds. The number of ether oxygens (including phenoxy) is 1. The van der Waals surface area contributed by atoms with Gasteiger partial charge in [-0.15, -0.1) is 0 Å². The number of carbonyl (C=O) groups excluding carboxylic acids is 1. The van der Waals surface area contributed by atoms with Crippen LogP contribution in [0, 0.1) is 11.3 Å². The van der Waals surface area contributed by atoms with Crippen LogP contribution in [0.4, 0.5) is 0 Å². The maximum absolute atomic E-state index is 11.7. The fraction of sp³-hybridized carbons (Fsp3) is 0.833. The number of esters is 1. The zero-order valence-electron chi connectivity index (χ0n) is 9.99. The van der Waals surface area contributed by atoms with E-state index in [0.29, 0.717) is 25.4 Å². The summed E-state index contributed by atoms with van der Waals surface area (Å²) in [6, 6.07) is 0. The first-order valence-electron chi connectivity index (χ1n) is 5.85. The van der Waals surface area contributed by atoms with Crippen molar-refractivity contribution >= 4 is 11.9 Å². The second kappa shape index (κ2) is 5.32. The smallest absolute Gasteiger partial charge is 0.312 e. The molecule has 4 heteroatoms. The molecule has 4 nitrogen and oxygen atoms in total. The van der Waals surface area contributed by atoms with Crippen LogP contribution in [0.15, 0.2) is 0 Å². The second-order valence-corrected chi connectivity index (χ2v) is 4.99. The summed E-state index contributed by atoms with van der Waals surface area (Å²) in [5, 5.41) is 8.70. The molecule has 1 fully saturated rings. The molecule has 0 aromatic rings. The molecule has 0 saturated carbocycles. The van der Waals surface area contributed by atoms with Gasteiger partial charge in [0.25, 0.3) is 0 Å². The van der Waals surface area contributed by atoms with E-state index in [1.165, 1.54) is 0 Å². The number of hydrogen-bond donors (Lipinski definition) is 1. The molecule has 0 radical (unpaired) electrons. The molecule has 0 bridgehead atoms. The Morgan fingerprint density at radius 1 is 1.50 bits per heavy atom. The van der Waals surface area contributed by atoms with E-state index in [1.54, 1.807) is 0 Å². The van der Waals surface area contributed by atoms with E-state index in [2.05, 4.69) is 13.8 Å². The highest BCUT2D eigenvalue weighted by Crippen LogP contribution is 2.40. The molecule has 1 aliphatic heterocycles. The highest BCUT2D eigenvalue weighted by atomic mass is 16.5. The molecule has 1 saturated heterocycles. The highest BCUT2D eigenvalue weighted by molar-refractivity contribution is 5.79. The number of carbonyl (C=O) groups is 2. The Hall–Kier alpha value is -1.06. The number of hydrogen-bond acceptors (Lipinski definition) is 3. The fourth-order valence-electron chi connectivity index (χ4n) is 2.08. The molecule has 1 aliphatic rings. The summed E-state index contributed by atoms with van der Waals surface area (Å²) in [6.07, 6.45) is 2.82. The molecule has 0 aliphatic carbocycles. The van der Waals surface area contributed by atoms with Crippen LogP contribution in [0.2, 0.25) is 0 Å². The lowest BCUT2D eigenvalue weighted by molar-refractivity contribution is -0.147. The summed E-state index contributed by atoms with van der Waals surface area (Å²) in [4.78, 5) is 22.3. The van der Waals surface area contributed by atoms with Gasteiger partial charge in [0.05, 0.1) is 12.0 Å². The highest BCUT2D eigenvalue weighted by Gasteiger charge is 2.43. The SMILES string of the molecule is CC(C)CC[C@]1(CCC(=O)O)CCOC1=O. The maximum Gasteiger partial charge on any atom is 0.312 e. The third kappa shape index (κ3) is 3.22. The van der Waals surface area contributed by atoms with E-state index in [1.807, 2.05) is 0 Å². The van der Waals surface area contributed by atoms with E-state index in [9.17, 15) is 9.59 Å². The molecular formula is C12H20O4. The van der Waals surface area contributed by atoms with Crippen molar-refractivity contribution in [3.05, 3.63) is 0 Å². The average Bonchev–Trinajstić information content (AvgIpc) is 2.55. The summed E-state index contributed by atoms with van der Waals surface area (Å²) in [6.45, 7) is 4.65. The first kappa shape index (κ1) is 13.0. The van der Waals surface area contributed by atoms with Crippen LogP contribution in [0.25, 0.3) is 0 Å². The summed E-state index contributed by atoms with van der Waals surface area (Å²) >= 11 is 0. The van der Waals surface area contributed by atoms with Gasteiger partial charge < -0.3 is 9.84 Å². The topological polar surface area (TPSA) is 63.6 Å². The van der Waals surface area contributed by atoms with Crippen molar-refractivity contribution in [1.82, 2.24) is 0 Å². The maximum atomic E-state index is 11.7. The van der Waals surface area contributed by atoms with Gasteiger partial charge in [0.15, 0.2) is 0 Å². The first-order valence-corrected chi connectivity index (χ1v) is 5.85. The number of rotatable bonds is 6. The van der Waals surface area contributed by atoms with E-state index < -0.39 is 11.4 Å². The zero-order chi connectivity index (χ0) is 12.2. The Morgan fingerprint density at radius 3 is 2.62 bits per heavy atom. The standard InChI is InChI=1S/C12H20O4/c1-9(2)3-5-12(6-4-10(13)14)7-8-16-11(12)15/h9H,3-8H2,1-2H3,(H,13,14)/t12-/m0/s1. The van der Waals surface area contributed by atoms with Crippen molar-refractivity contribution < 1.29 is 19.4 Å². The normalized spacial score (nSPS) is 24.8. The van der Waals surface area contributed by atoms with Gasteiger partial charge in [-0.3, -0.25) is 9.59 Å². The average molecular weight is 228 g/mol. The third-order valence-electron chi connectivity index (χ3n) is 3.26. The number of carboxylic acids is 1. The first-order chi connectivity index (χ1) is 7.46. The molecule has 1 heterocycles. The molecule has 1 N–H and O–H groups in total. The molecule has 1 atom stereocenters. The van der Waals surface area contributed by atoms with Crippen molar-refractivity contribution in [3.8, 4) is 0 Å². The Kier molecular flexibility index (Phi) is 4.33. The monoisotopic (exact) mass is 228 g/mol.